The third kappa shape index (κ3) is 23.0. The van der Waals surface area contributed by atoms with Crippen molar-refractivity contribution in [1.29, 1.82) is 0 Å². The summed E-state index contributed by atoms with van der Waals surface area (Å²) in [5.74, 6) is -2.30. The molecule has 1 unspecified atom stereocenters. The molecule has 0 bridgehead atoms. The van der Waals surface area contributed by atoms with Crippen LogP contribution in [0.1, 0.15) is 52.5 Å². The fourth-order valence-corrected chi connectivity index (χ4v) is 3.13. The van der Waals surface area contributed by atoms with Crippen molar-refractivity contribution in [2.75, 3.05) is 65.7 Å². The van der Waals surface area contributed by atoms with Crippen LogP contribution in [0.15, 0.2) is 24.3 Å². The molecule has 9 N–H and O–H groups in total. The van der Waals surface area contributed by atoms with Gasteiger partial charge in [0.25, 0.3) is 0 Å². The Morgan fingerprint density at radius 3 is 1.96 bits per heavy atom. The van der Waals surface area contributed by atoms with Crippen molar-refractivity contribution in [2.24, 2.45) is 11.5 Å². The van der Waals surface area contributed by atoms with Gasteiger partial charge in [0.15, 0.2) is 0 Å². The average molecular weight is 654 g/mol. The van der Waals surface area contributed by atoms with Crippen LogP contribution in [-0.2, 0) is 30.5 Å². The average Bonchev–Trinajstić information content (AvgIpc) is 3.03. The maximum absolute atomic E-state index is 12.9. The summed E-state index contributed by atoms with van der Waals surface area (Å²) in [6.07, 6.45) is 1.28. The van der Waals surface area contributed by atoms with Gasteiger partial charge in [-0.15, -0.1) is 0 Å². The maximum atomic E-state index is 12.9. The highest BCUT2D eigenvalue weighted by atomic mass is 16.6. The Morgan fingerprint density at radius 2 is 1.41 bits per heavy atom. The number of ether oxygens (including phenoxy) is 1. The van der Waals surface area contributed by atoms with E-state index in [4.69, 9.17) is 16.2 Å². The predicted octanol–water partition coefficient (Wildman–Crippen LogP) is 0.322. The van der Waals surface area contributed by atoms with Crippen LogP contribution in [0, 0.1) is 0 Å². The smallest absolute Gasteiger partial charge is 0.409 e. The molecule has 262 valence electrons. The lowest BCUT2D eigenvalue weighted by Crippen LogP contribution is -2.49. The molecule has 0 spiro atoms. The second-order valence-corrected chi connectivity index (χ2v) is 9.98. The largest absolute Gasteiger partial charge is 0.445 e. The molecule has 1 rings (SSSR count). The number of primary amides is 1. The van der Waals surface area contributed by atoms with Gasteiger partial charge in [0.2, 0.25) is 23.6 Å². The first-order chi connectivity index (χ1) is 21.8. The lowest BCUT2D eigenvalue weighted by atomic mass is 10.1. The number of carbonyl (C=O) groups is 6. The number of nitrogens with two attached hydrogens (primary N) is 2. The molecular weight excluding hydrogens is 598 g/mol. The normalized spacial score (nSPS) is 10.5. The van der Waals surface area contributed by atoms with Crippen LogP contribution in [0.3, 0.4) is 0 Å². The quantitative estimate of drug-likeness (QED) is 0.115. The molecular formula is C30H55N9O7. The van der Waals surface area contributed by atoms with E-state index in [0.29, 0.717) is 30.8 Å². The Kier molecular flexibility index (Phi) is 25.6. The molecule has 16 nitrogen and oxygen atoms in total. The summed E-state index contributed by atoms with van der Waals surface area (Å²) in [7, 11) is 5.47. The molecule has 0 fully saturated rings. The molecule has 16 heteroatoms. The minimum Gasteiger partial charge on any atom is -0.445 e. The minimum absolute atomic E-state index is 0.0481. The van der Waals surface area contributed by atoms with Crippen molar-refractivity contribution in [1.82, 2.24) is 31.1 Å². The standard InChI is InChI=1S/C25H41N9O7.C3H8.C2H6/c1-33(2)11-12-34(3)25(40)41-16-17-6-8-18(9-7-17)31-23(38)19(5-4-10-28-24(27)39)32-22(37)15-30-21(36)14-29-20(35)13-26;1-3-2;1-2/h6-9,19H,4-5,10-16,26H2,1-3H3,(H,29,35)(H,30,36)(H,31,38)(H,32,37)(H3,27,28,39);3H2,1-2H3;1-2H3. The number of anilines is 1. The van der Waals surface area contributed by atoms with E-state index in [9.17, 15) is 28.8 Å². The van der Waals surface area contributed by atoms with Crippen molar-refractivity contribution < 1.29 is 33.5 Å². The molecule has 7 amide bonds. The molecule has 0 aliphatic carbocycles. The third-order valence-electron chi connectivity index (χ3n) is 5.48. The van der Waals surface area contributed by atoms with Gasteiger partial charge < -0.3 is 52.6 Å². The van der Waals surface area contributed by atoms with Gasteiger partial charge in [-0.3, -0.25) is 19.2 Å². The number of likely N-dealkylation sites (N-methyl/N-ethyl adjacent to an activating group) is 2. The summed E-state index contributed by atoms with van der Waals surface area (Å²) >= 11 is 0. The van der Waals surface area contributed by atoms with Crippen LogP contribution in [0.25, 0.3) is 0 Å². The number of nitrogens with zero attached hydrogens (tertiary/aromatic N) is 2. The molecule has 1 aromatic carbocycles. The van der Waals surface area contributed by atoms with Crippen molar-refractivity contribution in [3.8, 4) is 0 Å². The van der Waals surface area contributed by atoms with Crippen LogP contribution < -0.4 is 38.1 Å². The highest BCUT2D eigenvalue weighted by Gasteiger charge is 2.21. The van der Waals surface area contributed by atoms with Gasteiger partial charge in [-0.05, 0) is 44.6 Å². The fourth-order valence-electron chi connectivity index (χ4n) is 3.13. The van der Waals surface area contributed by atoms with Crippen LogP contribution >= 0.6 is 0 Å². The lowest BCUT2D eigenvalue weighted by Gasteiger charge is -2.20. The van der Waals surface area contributed by atoms with Gasteiger partial charge in [0.1, 0.15) is 12.6 Å². The first kappa shape index (κ1) is 43.7. The zero-order valence-corrected chi connectivity index (χ0v) is 28.4. The number of benzene rings is 1. The molecule has 1 aromatic rings. The number of urea groups is 1. The van der Waals surface area contributed by atoms with Crippen LogP contribution in [0.2, 0.25) is 0 Å². The molecule has 0 aromatic heterocycles. The Balaban J connectivity index is 0. The van der Waals surface area contributed by atoms with Gasteiger partial charge in [0.05, 0.1) is 19.6 Å². The van der Waals surface area contributed by atoms with E-state index in [1.165, 1.54) is 11.3 Å². The molecule has 46 heavy (non-hydrogen) atoms. The van der Waals surface area contributed by atoms with Crippen LogP contribution in [0.4, 0.5) is 15.3 Å². The molecule has 0 aliphatic rings. The monoisotopic (exact) mass is 653 g/mol. The van der Waals surface area contributed by atoms with E-state index in [1.807, 2.05) is 32.8 Å². The van der Waals surface area contributed by atoms with Gasteiger partial charge in [-0.25, -0.2) is 9.59 Å². The SMILES string of the molecule is CC.CCC.CN(C)CCN(C)C(=O)OCc1ccc(NC(=O)C(CCCNC(N)=O)NC(=O)CNC(=O)CNC(=O)CN)cc1. The van der Waals surface area contributed by atoms with E-state index in [2.05, 4.69) is 40.4 Å². The number of amides is 7. The first-order valence-electron chi connectivity index (χ1n) is 15.3. The number of carbonyl (C=O) groups excluding carboxylic acids is 6. The third-order valence-corrected chi connectivity index (χ3v) is 5.48. The van der Waals surface area contributed by atoms with Gasteiger partial charge in [-0.1, -0.05) is 46.2 Å². The van der Waals surface area contributed by atoms with Crippen molar-refractivity contribution in [2.45, 2.75) is 59.6 Å². The Labute approximate surface area is 272 Å². The summed E-state index contributed by atoms with van der Waals surface area (Å²) < 4.78 is 5.31. The Hall–Kier alpha value is -4.44. The summed E-state index contributed by atoms with van der Waals surface area (Å²) in [6, 6.07) is 4.91. The number of rotatable bonds is 17. The topological polar surface area (TPSA) is 230 Å². The first-order valence-corrected chi connectivity index (χ1v) is 15.3. The predicted molar refractivity (Wildman–Crippen MR) is 178 cm³/mol. The van der Waals surface area contributed by atoms with Crippen molar-refractivity contribution in [3.63, 3.8) is 0 Å². The summed E-state index contributed by atoms with van der Waals surface area (Å²) in [5.41, 5.74) is 11.3. The maximum Gasteiger partial charge on any atom is 0.409 e. The van der Waals surface area contributed by atoms with Crippen LogP contribution in [-0.4, -0.2) is 112 Å². The van der Waals surface area contributed by atoms with E-state index in [0.717, 1.165) is 0 Å². The zero-order valence-electron chi connectivity index (χ0n) is 28.4. The van der Waals surface area contributed by atoms with Crippen molar-refractivity contribution in [3.05, 3.63) is 29.8 Å². The molecule has 0 saturated heterocycles. The highest BCUT2D eigenvalue weighted by molar-refractivity contribution is 5.98. The molecule has 0 heterocycles. The van der Waals surface area contributed by atoms with Crippen molar-refractivity contribution >= 4 is 41.4 Å². The van der Waals surface area contributed by atoms with Gasteiger partial charge >= 0.3 is 12.1 Å². The number of hydrogen-bond donors (Lipinski definition) is 7. The summed E-state index contributed by atoms with van der Waals surface area (Å²) in [4.78, 5) is 74.7. The lowest BCUT2D eigenvalue weighted by molar-refractivity contribution is -0.128. The summed E-state index contributed by atoms with van der Waals surface area (Å²) in [5, 5.41) is 12.3. The molecule has 0 aliphatic heterocycles. The fraction of sp³-hybridized carbons (Fsp3) is 0.600. The molecule has 0 saturated carbocycles. The highest BCUT2D eigenvalue weighted by Crippen LogP contribution is 2.12. The number of hydrogen-bond acceptors (Lipinski definition) is 9. The number of nitrogens with one attached hydrogen (secondary N) is 5. The van der Waals surface area contributed by atoms with E-state index in [-0.39, 0.29) is 32.7 Å². The Morgan fingerprint density at radius 1 is 0.848 bits per heavy atom. The molecule has 1 atom stereocenters. The second-order valence-electron chi connectivity index (χ2n) is 9.98. The second kappa shape index (κ2) is 26.9. The van der Waals surface area contributed by atoms with E-state index in [1.54, 1.807) is 31.3 Å². The Bertz CT molecular complexity index is 1050. The van der Waals surface area contributed by atoms with Gasteiger partial charge in [-0.2, -0.15) is 0 Å². The molecule has 0 radical (unpaired) electrons. The zero-order chi connectivity index (χ0) is 35.5. The minimum atomic E-state index is -0.996. The summed E-state index contributed by atoms with van der Waals surface area (Å²) in [6.45, 7) is 8.64. The van der Waals surface area contributed by atoms with E-state index >= 15 is 0 Å². The van der Waals surface area contributed by atoms with E-state index < -0.39 is 48.3 Å². The van der Waals surface area contributed by atoms with Gasteiger partial charge in [0, 0.05) is 32.4 Å². The van der Waals surface area contributed by atoms with Crippen LogP contribution in [0.5, 0.6) is 0 Å².